The van der Waals surface area contributed by atoms with Crippen molar-refractivity contribution in [1.82, 2.24) is 4.90 Å². The van der Waals surface area contributed by atoms with Crippen LogP contribution in [0, 0.1) is 5.92 Å². The number of likely N-dealkylation sites (tertiary alicyclic amines) is 1. The van der Waals surface area contributed by atoms with Crippen LogP contribution in [0.2, 0.25) is 0 Å². The highest BCUT2D eigenvalue weighted by molar-refractivity contribution is 5.73. The number of amides is 1. The Labute approximate surface area is 99.8 Å². The Bertz CT molecular complexity index is 304. The molecule has 2 atom stereocenters. The van der Waals surface area contributed by atoms with E-state index in [1.54, 1.807) is 0 Å². The summed E-state index contributed by atoms with van der Waals surface area (Å²) in [5.74, 6) is -1.66. The normalized spacial score (nSPS) is 24.2. The van der Waals surface area contributed by atoms with E-state index in [0.29, 0.717) is 13.0 Å². The van der Waals surface area contributed by atoms with Crippen LogP contribution in [-0.2, 0) is 14.3 Å². The number of methoxy groups -OCH3 is 1. The molecule has 1 heterocycles. The highest BCUT2D eigenvalue weighted by Crippen LogP contribution is 2.20. The van der Waals surface area contributed by atoms with Crippen LogP contribution in [0.1, 0.15) is 6.42 Å². The Morgan fingerprint density at radius 3 is 2.82 bits per heavy atom. The molecule has 1 amide bonds. The summed E-state index contributed by atoms with van der Waals surface area (Å²) in [7, 11) is 1.48. The van der Waals surface area contributed by atoms with Crippen LogP contribution in [0.5, 0.6) is 0 Å². The summed E-state index contributed by atoms with van der Waals surface area (Å²) in [4.78, 5) is 24.0. The second-order valence-corrected chi connectivity index (χ2v) is 3.82. The van der Waals surface area contributed by atoms with E-state index < -0.39 is 18.0 Å². The zero-order valence-electron chi connectivity index (χ0n) is 9.80. The van der Waals surface area contributed by atoms with Gasteiger partial charge in [-0.15, -0.1) is 0 Å². The molecule has 0 aromatic carbocycles. The molecule has 0 saturated carbocycles. The van der Waals surface area contributed by atoms with Gasteiger partial charge in [0.1, 0.15) is 12.5 Å². The van der Waals surface area contributed by atoms with E-state index in [0.717, 1.165) is 0 Å². The van der Waals surface area contributed by atoms with Gasteiger partial charge in [-0.1, -0.05) is 12.7 Å². The molecule has 0 aromatic rings. The van der Waals surface area contributed by atoms with Gasteiger partial charge in [0.05, 0.1) is 6.10 Å². The maximum atomic E-state index is 11.5. The van der Waals surface area contributed by atoms with Gasteiger partial charge in [-0.25, -0.2) is 4.79 Å². The van der Waals surface area contributed by atoms with Gasteiger partial charge in [0.25, 0.3) is 0 Å². The molecule has 0 bridgehead atoms. The fraction of sp³-hybridized carbons (Fsp3) is 0.636. The van der Waals surface area contributed by atoms with Crippen LogP contribution >= 0.6 is 0 Å². The molecule has 1 saturated heterocycles. The lowest BCUT2D eigenvalue weighted by molar-refractivity contribution is -0.149. The Kier molecular flexibility index (Phi) is 4.96. The second kappa shape index (κ2) is 6.24. The molecule has 1 N–H and O–H groups in total. The van der Waals surface area contributed by atoms with Crippen LogP contribution in [0.3, 0.4) is 0 Å². The third kappa shape index (κ3) is 3.45. The van der Waals surface area contributed by atoms with E-state index in [-0.39, 0.29) is 19.3 Å². The number of carbonyl (C=O) groups is 2. The molecular weight excluding hydrogens is 226 g/mol. The first-order chi connectivity index (χ1) is 8.10. The first-order valence-corrected chi connectivity index (χ1v) is 5.38. The Balaban J connectivity index is 2.58. The molecular formula is C11H17NO5. The summed E-state index contributed by atoms with van der Waals surface area (Å²) >= 11 is 0. The van der Waals surface area contributed by atoms with Gasteiger partial charge in [-0.2, -0.15) is 0 Å². The predicted molar refractivity (Wildman–Crippen MR) is 59.7 cm³/mol. The molecule has 1 fully saturated rings. The molecule has 6 heteroatoms. The van der Waals surface area contributed by atoms with Crippen molar-refractivity contribution in [2.24, 2.45) is 5.92 Å². The van der Waals surface area contributed by atoms with Crippen molar-refractivity contribution < 1.29 is 24.2 Å². The van der Waals surface area contributed by atoms with E-state index in [1.807, 2.05) is 0 Å². The second-order valence-electron chi connectivity index (χ2n) is 3.82. The van der Waals surface area contributed by atoms with Crippen LogP contribution < -0.4 is 0 Å². The minimum absolute atomic E-state index is 0.115. The summed E-state index contributed by atoms with van der Waals surface area (Å²) < 4.78 is 9.96. The first kappa shape index (κ1) is 13.5. The van der Waals surface area contributed by atoms with Crippen molar-refractivity contribution in [3.63, 3.8) is 0 Å². The lowest BCUT2D eigenvalue weighted by Crippen LogP contribution is -2.49. The molecule has 0 spiro atoms. The summed E-state index contributed by atoms with van der Waals surface area (Å²) in [5, 5.41) is 9.04. The number of carboxylic acid groups (broad SMARTS) is 1. The number of hydrogen-bond donors (Lipinski definition) is 1. The monoisotopic (exact) mass is 243 g/mol. The molecule has 1 aliphatic rings. The third-order valence-corrected chi connectivity index (χ3v) is 2.75. The lowest BCUT2D eigenvalue weighted by atomic mass is 9.95. The maximum absolute atomic E-state index is 11.5. The van der Waals surface area contributed by atoms with Crippen LogP contribution in [0.25, 0.3) is 0 Å². The fourth-order valence-electron chi connectivity index (χ4n) is 1.84. The van der Waals surface area contributed by atoms with Gasteiger partial charge in [0.2, 0.25) is 0 Å². The Hall–Kier alpha value is -1.56. The fourth-order valence-corrected chi connectivity index (χ4v) is 1.84. The predicted octanol–water partition coefficient (Wildman–Crippen LogP) is 0.731. The van der Waals surface area contributed by atoms with Crippen LogP contribution in [0.4, 0.5) is 4.79 Å². The molecule has 0 radical (unpaired) electrons. The zero-order chi connectivity index (χ0) is 12.8. The van der Waals surface area contributed by atoms with Gasteiger partial charge in [-0.05, 0) is 6.42 Å². The summed E-state index contributed by atoms with van der Waals surface area (Å²) in [6.07, 6.45) is 1.10. The van der Waals surface area contributed by atoms with Gasteiger partial charge < -0.3 is 19.5 Å². The topological polar surface area (TPSA) is 76.1 Å². The molecule has 0 aliphatic carbocycles. The van der Waals surface area contributed by atoms with Gasteiger partial charge in [-0.3, -0.25) is 4.79 Å². The van der Waals surface area contributed by atoms with Crippen LogP contribution in [-0.4, -0.2) is 55.0 Å². The summed E-state index contributed by atoms with van der Waals surface area (Å²) in [6, 6.07) is 0. The zero-order valence-corrected chi connectivity index (χ0v) is 9.80. The van der Waals surface area contributed by atoms with E-state index in [2.05, 4.69) is 6.58 Å². The number of rotatable bonds is 4. The molecule has 17 heavy (non-hydrogen) atoms. The average Bonchev–Trinajstić information content (AvgIpc) is 2.34. The van der Waals surface area contributed by atoms with Crippen molar-refractivity contribution in [3.05, 3.63) is 12.7 Å². The molecule has 0 aromatic heterocycles. The van der Waals surface area contributed by atoms with Crippen molar-refractivity contribution in [2.75, 3.05) is 26.8 Å². The standard InChI is InChI=1S/C11H17NO5/c1-3-6-17-11(15)12-5-4-9(16-2)8(7-12)10(13)14/h3,8-9H,1,4-7H2,2H3,(H,13,14). The number of carboxylic acids is 1. The van der Waals surface area contributed by atoms with Crippen LogP contribution in [0.15, 0.2) is 12.7 Å². The molecule has 96 valence electrons. The Morgan fingerprint density at radius 2 is 2.29 bits per heavy atom. The number of aliphatic carboxylic acids is 1. The average molecular weight is 243 g/mol. The van der Waals surface area contributed by atoms with Crippen molar-refractivity contribution in [1.29, 1.82) is 0 Å². The van der Waals surface area contributed by atoms with Gasteiger partial charge >= 0.3 is 12.1 Å². The Morgan fingerprint density at radius 1 is 1.59 bits per heavy atom. The third-order valence-electron chi connectivity index (χ3n) is 2.75. The minimum Gasteiger partial charge on any atom is -0.481 e. The minimum atomic E-state index is -0.960. The van der Waals surface area contributed by atoms with E-state index >= 15 is 0 Å². The highest BCUT2D eigenvalue weighted by Gasteiger charge is 2.36. The maximum Gasteiger partial charge on any atom is 0.410 e. The largest absolute Gasteiger partial charge is 0.481 e. The quantitative estimate of drug-likeness (QED) is 0.737. The molecule has 2 unspecified atom stereocenters. The van der Waals surface area contributed by atoms with Gasteiger partial charge in [0, 0.05) is 20.2 Å². The van der Waals surface area contributed by atoms with Crippen molar-refractivity contribution in [2.45, 2.75) is 12.5 Å². The highest BCUT2D eigenvalue weighted by atomic mass is 16.6. The van der Waals surface area contributed by atoms with E-state index in [4.69, 9.17) is 14.6 Å². The number of hydrogen-bond acceptors (Lipinski definition) is 4. The van der Waals surface area contributed by atoms with Gasteiger partial charge in [0.15, 0.2) is 0 Å². The number of nitrogens with zero attached hydrogens (tertiary/aromatic N) is 1. The molecule has 6 nitrogen and oxygen atoms in total. The van der Waals surface area contributed by atoms with Crippen molar-refractivity contribution >= 4 is 12.1 Å². The van der Waals surface area contributed by atoms with E-state index in [9.17, 15) is 9.59 Å². The SMILES string of the molecule is C=CCOC(=O)N1CCC(OC)C(C(=O)O)C1. The molecule has 1 aliphatic heterocycles. The summed E-state index contributed by atoms with van der Waals surface area (Å²) in [6.45, 7) is 4.12. The van der Waals surface area contributed by atoms with Crippen molar-refractivity contribution in [3.8, 4) is 0 Å². The number of ether oxygens (including phenoxy) is 2. The lowest BCUT2D eigenvalue weighted by Gasteiger charge is -2.34. The smallest absolute Gasteiger partial charge is 0.410 e. The first-order valence-electron chi connectivity index (χ1n) is 5.38. The number of carbonyl (C=O) groups excluding carboxylic acids is 1. The number of piperidine rings is 1. The van der Waals surface area contributed by atoms with E-state index in [1.165, 1.54) is 18.1 Å². The molecule has 1 rings (SSSR count). The summed E-state index contributed by atoms with van der Waals surface area (Å²) in [5.41, 5.74) is 0.